The summed E-state index contributed by atoms with van der Waals surface area (Å²) in [6.07, 6.45) is 4.16. The van der Waals surface area contributed by atoms with Crippen molar-refractivity contribution in [3.05, 3.63) is 66.2 Å². The first-order chi connectivity index (χ1) is 10.8. The quantitative estimate of drug-likeness (QED) is 0.679. The zero-order valence-electron chi connectivity index (χ0n) is 12.1. The molecule has 0 aliphatic carbocycles. The minimum atomic E-state index is 0.376. The second kappa shape index (κ2) is 6.22. The number of carbonyl (C=O) groups excluding carboxylic acids is 1. The van der Waals surface area contributed by atoms with E-state index in [0.717, 1.165) is 11.8 Å². The highest BCUT2D eigenvalue weighted by atomic mass is 16.5. The lowest BCUT2D eigenvalue weighted by molar-refractivity contribution is 0.111. The molecule has 0 fully saturated rings. The van der Waals surface area contributed by atoms with Crippen molar-refractivity contribution < 1.29 is 9.53 Å². The molecule has 0 saturated heterocycles. The van der Waals surface area contributed by atoms with Crippen LogP contribution in [0.5, 0.6) is 5.75 Å². The van der Waals surface area contributed by atoms with Gasteiger partial charge in [-0.1, -0.05) is 30.3 Å². The van der Waals surface area contributed by atoms with Gasteiger partial charge in [0.2, 0.25) is 0 Å². The molecule has 5 nitrogen and oxygen atoms in total. The number of ether oxygens (including phenoxy) is 1. The van der Waals surface area contributed by atoms with Gasteiger partial charge in [-0.05, 0) is 17.7 Å². The number of hydrogen-bond donors (Lipinski definition) is 0. The van der Waals surface area contributed by atoms with Crippen LogP contribution in [-0.2, 0) is 13.7 Å². The molecule has 0 aliphatic rings. The summed E-state index contributed by atoms with van der Waals surface area (Å²) in [5.74, 6) is 1.07. The minimum absolute atomic E-state index is 0.376. The van der Waals surface area contributed by atoms with Crippen LogP contribution in [0.3, 0.4) is 0 Å². The van der Waals surface area contributed by atoms with Gasteiger partial charge < -0.3 is 9.30 Å². The monoisotopic (exact) mass is 293 g/mol. The number of hydrogen-bond acceptors (Lipinski definition) is 4. The maximum absolute atomic E-state index is 10.8. The largest absolute Gasteiger partial charge is 0.487 e. The first kappa shape index (κ1) is 14.0. The topological polar surface area (TPSA) is 57.0 Å². The third kappa shape index (κ3) is 3.03. The number of benzene rings is 1. The van der Waals surface area contributed by atoms with Crippen molar-refractivity contribution in [2.45, 2.75) is 6.61 Å². The van der Waals surface area contributed by atoms with Crippen molar-refractivity contribution in [3.63, 3.8) is 0 Å². The van der Waals surface area contributed by atoms with E-state index >= 15 is 0 Å². The molecule has 22 heavy (non-hydrogen) atoms. The molecular formula is C17H15N3O2. The molecule has 0 amide bonds. The summed E-state index contributed by atoms with van der Waals surface area (Å²) >= 11 is 0. The Hall–Kier alpha value is -2.95. The highest BCUT2D eigenvalue weighted by Gasteiger charge is 2.07. The summed E-state index contributed by atoms with van der Waals surface area (Å²) in [5, 5.41) is 0. The van der Waals surface area contributed by atoms with Gasteiger partial charge in [0.15, 0.2) is 12.1 Å². The van der Waals surface area contributed by atoms with Gasteiger partial charge in [0.1, 0.15) is 18.1 Å². The van der Waals surface area contributed by atoms with E-state index in [4.69, 9.17) is 4.74 Å². The summed E-state index contributed by atoms with van der Waals surface area (Å²) in [7, 11) is 1.78. The Morgan fingerprint density at radius 3 is 2.59 bits per heavy atom. The van der Waals surface area contributed by atoms with E-state index in [9.17, 15) is 4.79 Å². The highest BCUT2D eigenvalue weighted by Crippen LogP contribution is 2.19. The number of aromatic nitrogens is 3. The van der Waals surface area contributed by atoms with Crippen LogP contribution in [0.25, 0.3) is 11.4 Å². The molecule has 0 bridgehead atoms. The van der Waals surface area contributed by atoms with Crippen LogP contribution < -0.4 is 4.74 Å². The van der Waals surface area contributed by atoms with Crippen molar-refractivity contribution in [2.75, 3.05) is 0 Å². The highest BCUT2D eigenvalue weighted by molar-refractivity contribution is 5.71. The molecule has 0 aliphatic heterocycles. The van der Waals surface area contributed by atoms with Crippen LogP contribution in [0.2, 0.25) is 0 Å². The maximum Gasteiger partial charge on any atom is 0.185 e. The molecule has 0 spiro atoms. The third-order valence-electron chi connectivity index (χ3n) is 3.26. The smallest absolute Gasteiger partial charge is 0.185 e. The van der Waals surface area contributed by atoms with E-state index in [-0.39, 0.29) is 0 Å². The first-order valence-electron chi connectivity index (χ1n) is 6.88. The fourth-order valence-corrected chi connectivity index (χ4v) is 2.07. The lowest BCUT2D eigenvalue weighted by Crippen LogP contribution is -1.95. The van der Waals surface area contributed by atoms with Gasteiger partial charge in [0, 0.05) is 13.2 Å². The molecule has 110 valence electrons. The first-order valence-corrected chi connectivity index (χ1v) is 6.88. The molecule has 3 rings (SSSR count). The van der Waals surface area contributed by atoms with Crippen LogP contribution in [0.4, 0.5) is 0 Å². The van der Waals surface area contributed by atoms with Gasteiger partial charge in [-0.3, -0.25) is 9.78 Å². The number of aryl methyl sites for hydroxylation is 1. The Morgan fingerprint density at radius 2 is 1.95 bits per heavy atom. The Bertz CT molecular complexity index is 764. The molecule has 3 aromatic rings. The van der Waals surface area contributed by atoms with E-state index < -0.39 is 0 Å². The predicted molar refractivity (Wildman–Crippen MR) is 82.6 cm³/mol. The van der Waals surface area contributed by atoms with Crippen LogP contribution in [0.1, 0.15) is 16.2 Å². The molecule has 1 aromatic carbocycles. The number of rotatable bonds is 5. The van der Waals surface area contributed by atoms with Crippen molar-refractivity contribution in [1.82, 2.24) is 14.5 Å². The van der Waals surface area contributed by atoms with Gasteiger partial charge in [0.25, 0.3) is 0 Å². The molecular weight excluding hydrogens is 278 g/mol. The lowest BCUT2D eigenvalue weighted by atomic mass is 10.2. The van der Waals surface area contributed by atoms with Gasteiger partial charge in [-0.25, -0.2) is 4.98 Å². The van der Waals surface area contributed by atoms with E-state index in [2.05, 4.69) is 9.97 Å². The van der Waals surface area contributed by atoms with E-state index in [1.165, 1.54) is 0 Å². The van der Waals surface area contributed by atoms with Gasteiger partial charge >= 0.3 is 0 Å². The Labute approximate surface area is 128 Å². The Kier molecular flexibility index (Phi) is 3.96. The Morgan fingerprint density at radius 1 is 1.14 bits per heavy atom. The number of pyridine rings is 1. The SMILES string of the molecule is Cn1cc(-c2ccc(OCc3ccccc3)cn2)nc1C=O. The lowest BCUT2D eigenvalue weighted by Gasteiger charge is -2.06. The molecule has 0 radical (unpaired) electrons. The summed E-state index contributed by atoms with van der Waals surface area (Å²) < 4.78 is 7.36. The van der Waals surface area contributed by atoms with Crippen LogP contribution >= 0.6 is 0 Å². The van der Waals surface area contributed by atoms with E-state index in [1.807, 2.05) is 42.5 Å². The zero-order valence-corrected chi connectivity index (χ0v) is 12.1. The minimum Gasteiger partial charge on any atom is -0.487 e. The van der Waals surface area contributed by atoms with Crippen LogP contribution in [-0.4, -0.2) is 20.8 Å². The third-order valence-corrected chi connectivity index (χ3v) is 3.26. The van der Waals surface area contributed by atoms with Gasteiger partial charge in [-0.15, -0.1) is 0 Å². The molecule has 2 heterocycles. The van der Waals surface area contributed by atoms with E-state index in [0.29, 0.717) is 29.6 Å². The predicted octanol–water partition coefficient (Wildman–Crippen LogP) is 2.87. The summed E-state index contributed by atoms with van der Waals surface area (Å²) in [6.45, 7) is 0.501. The fraction of sp³-hybridized carbons (Fsp3) is 0.118. The van der Waals surface area contributed by atoms with Crippen LogP contribution in [0, 0.1) is 0 Å². The molecule has 5 heteroatoms. The van der Waals surface area contributed by atoms with Crippen molar-refractivity contribution in [3.8, 4) is 17.1 Å². The second-order valence-corrected chi connectivity index (χ2v) is 4.87. The Balaban J connectivity index is 1.71. The molecule has 0 saturated carbocycles. The van der Waals surface area contributed by atoms with Crippen molar-refractivity contribution >= 4 is 6.29 Å². The summed E-state index contributed by atoms with van der Waals surface area (Å²) in [5.41, 5.74) is 2.47. The van der Waals surface area contributed by atoms with Crippen LogP contribution in [0.15, 0.2) is 54.9 Å². The van der Waals surface area contributed by atoms with E-state index in [1.54, 1.807) is 24.0 Å². The molecule has 0 atom stereocenters. The fourth-order valence-electron chi connectivity index (χ4n) is 2.07. The van der Waals surface area contributed by atoms with Gasteiger partial charge in [0.05, 0.1) is 11.9 Å². The second-order valence-electron chi connectivity index (χ2n) is 4.87. The van der Waals surface area contributed by atoms with Gasteiger partial charge in [-0.2, -0.15) is 0 Å². The number of imidazole rings is 1. The number of aldehydes is 1. The molecule has 2 aromatic heterocycles. The average molecular weight is 293 g/mol. The molecule has 0 N–H and O–H groups in total. The molecule has 0 unspecified atom stereocenters. The average Bonchev–Trinajstić information content (AvgIpc) is 2.95. The van der Waals surface area contributed by atoms with Crippen molar-refractivity contribution in [2.24, 2.45) is 7.05 Å². The number of nitrogens with zero attached hydrogens (tertiary/aromatic N) is 3. The zero-order chi connectivity index (χ0) is 15.4. The standard InChI is InChI=1S/C17H15N3O2/c1-20-10-16(19-17(20)11-21)15-8-7-14(9-18-15)22-12-13-5-3-2-4-6-13/h2-11H,12H2,1H3. The van der Waals surface area contributed by atoms with Crippen molar-refractivity contribution in [1.29, 1.82) is 0 Å². The maximum atomic E-state index is 10.8. The normalized spacial score (nSPS) is 10.4. The number of carbonyl (C=O) groups is 1. The summed E-state index contributed by atoms with van der Waals surface area (Å²) in [4.78, 5) is 19.4. The summed E-state index contributed by atoms with van der Waals surface area (Å²) in [6, 6.07) is 13.6.